The van der Waals surface area contributed by atoms with E-state index in [9.17, 15) is 4.79 Å². The Labute approximate surface area is 110 Å². The maximum absolute atomic E-state index is 12.4. The van der Waals surface area contributed by atoms with Gasteiger partial charge in [-0.15, -0.1) is 0 Å². The zero-order chi connectivity index (χ0) is 13.1. The molecule has 1 rings (SSSR count). The molecular formula is C13H21NOSSi. The minimum absolute atomic E-state index is 0.0219. The van der Waals surface area contributed by atoms with Gasteiger partial charge in [-0.3, -0.25) is 4.79 Å². The molecule has 0 saturated heterocycles. The van der Waals surface area contributed by atoms with Gasteiger partial charge in [0.05, 0.1) is 12.4 Å². The number of anilines is 1. The molecule has 94 valence electrons. The van der Waals surface area contributed by atoms with Crippen molar-refractivity contribution in [3.8, 4) is 0 Å². The van der Waals surface area contributed by atoms with E-state index >= 15 is 0 Å². The second-order valence-corrected chi connectivity index (χ2v) is 11.8. The topological polar surface area (TPSA) is 29.1 Å². The smallest absolute Gasteiger partial charge is 0.237 e. The zero-order valence-electron chi connectivity index (χ0n) is 10.9. The van der Waals surface area contributed by atoms with E-state index < -0.39 is 12.4 Å². The fourth-order valence-electron chi connectivity index (χ4n) is 1.79. The Morgan fingerprint density at radius 1 is 1.29 bits per heavy atom. The fourth-order valence-corrected chi connectivity index (χ4v) is 3.65. The fraction of sp³-hybridized carbons (Fsp3) is 0.462. The molecule has 1 amide bonds. The summed E-state index contributed by atoms with van der Waals surface area (Å²) in [5, 5.41) is 2.96. The van der Waals surface area contributed by atoms with Gasteiger partial charge in [0.2, 0.25) is 5.91 Å². The van der Waals surface area contributed by atoms with Gasteiger partial charge in [-0.1, -0.05) is 44.8 Å². The van der Waals surface area contributed by atoms with Crippen LogP contribution in [-0.4, -0.2) is 18.4 Å². The highest BCUT2D eigenvalue weighted by Crippen LogP contribution is 2.32. The van der Waals surface area contributed by atoms with Crippen molar-refractivity contribution in [2.24, 2.45) is 0 Å². The second kappa shape index (κ2) is 5.27. The number of hydrogen-bond donors (Lipinski definition) is 2. The van der Waals surface area contributed by atoms with Crippen molar-refractivity contribution < 1.29 is 4.79 Å². The lowest BCUT2D eigenvalue weighted by molar-refractivity contribution is -0.116. The van der Waals surface area contributed by atoms with Gasteiger partial charge >= 0.3 is 0 Å². The van der Waals surface area contributed by atoms with Crippen LogP contribution in [0.1, 0.15) is 13.3 Å². The molecule has 4 heteroatoms. The molecule has 0 spiro atoms. The number of nitrogens with one attached hydrogen (secondary N) is 1. The molecular weight excluding hydrogens is 246 g/mol. The van der Waals surface area contributed by atoms with E-state index in [1.807, 2.05) is 37.3 Å². The van der Waals surface area contributed by atoms with Crippen molar-refractivity contribution in [2.45, 2.75) is 37.4 Å². The summed E-state index contributed by atoms with van der Waals surface area (Å²) in [6, 6.07) is 9.55. The van der Waals surface area contributed by atoms with Crippen LogP contribution in [0.3, 0.4) is 0 Å². The molecule has 1 atom stereocenters. The molecule has 0 aliphatic carbocycles. The minimum atomic E-state index is -1.68. The number of hydrogen-bond acceptors (Lipinski definition) is 2. The molecule has 1 unspecified atom stereocenters. The van der Waals surface area contributed by atoms with Crippen molar-refractivity contribution >= 4 is 32.3 Å². The van der Waals surface area contributed by atoms with Gasteiger partial charge in [0.1, 0.15) is 0 Å². The molecule has 0 aliphatic heterocycles. The van der Waals surface area contributed by atoms with Gasteiger partial charge in [0, 0.05) is 5.69 Å². The molecule has 0 saturated carbocycles. The van der Waals surface area contributed by atoms with Crippen LogP contribution in [0.15, 0.2) is 30.3 Å². The maximum atomic E-state index is 12.4. The van der Waals surface area contributed by atoms with Crippen LogP contribution in [0, 0.1) is 0 Å². The quantitative estimate of drug-likeness (QED) is 0.633. The summed E-state index contributed by atoms with van der Waals surface area (Å²) in [5.41, 5.74) is 0.836. The first-order valence-electron chi connectivity index (χ1n) is 5.90. The van der Waals surface area contributed by atoms with Crippen LogP contribution in [-0.2, 0) is 4.79 Å². The average molecular weight is 267 g/mol. The Morgan fingerprint density at radius 3 is 2.24 bits per heavy atom. The summed E-state index contributed by atoms with van der Waals surface area (Å²) >= 11 is 4.67. The van der Waals surface area contributed by atoms with Gasteiger partial charge in [-0.2, -0.15) is 12.6 Å². The number of amides is 1. The number of carbonyl (C=O) groups is 1. The molecule has 1 aromatic rings. The molecule has 1 aromatic carbocycles. The lowest BCUT2D eigenvalue weighted by atomic mass is 10.2. The van der Waals surface area contributed by atoms with E-state index in [1.165, 1.54) is 0 Å². The van der Waals surface area contributed by atoms with E-state index in [0.717, 1.165) is 12.1 Å². The average Bonchev–Trinajstić information content (AvgIpc) is 2.27. The lowest BCUT2D eigenvalue weighted by Crippen LogP contribution is -2.55. The molecule has 0 heterocycles. The summed E-state index contributed by atoms with van der Waals surface area (Å²) in [6.45, 7) is 8.55. The molecule has 1 N–H and O–H groups in total. The Morgan fingerprint density at radius 2 is 1.82 bits per heavy atom. The van der Waals surface area contributed by atoms with E-state index in [0.29, 0.717) is 0 Å². The van der Waals surface area contributed by atoms with E-state index in [2.05, 4.69) is 37.6 Å². The third-order valence-electron chi connectivity index (χ3n) is 3.16. The Hall–Kier alpha value is -0.743. The van der Waals surface area contributed by atoms with Crippen LogP contribution in [0.2, 0.25) is 19.6 Å². The molecule has 0 aromatic heterocycles. The van der Waals surface area contributed by atoms with Crippen LogP contribution in [0.4, 0.5) is 5.69 Å². The van der Waals surface area contributed by atoms with E-state index in [-0.39, 0.29) is 5.91 Å². The van der Waals surface area contributed by atoms with Crippen molar-refractivity contribution in [1.82, 2.24) is 0 Å². The van der Waals surface area contributed by atoms with Crippen LogP contribution >= 0.6 is 12.6 Å². The molecule has 17 heavy (non-hydrogen) atoms. The summed E-state index contributed by atoms with van der Waals surface area (Å²) in [6.07, 6.45) is 0.754. The number of para-hydroxylation sites is 1. The van der Waals surface area contributed by atoms with Gasteiger partial charge in [0.15, 0.2) is 0 Å². The van der Waals surface area contributed by atoms with E-state index in [4.69, 9.17) is 0 Å². The van der Waals surface area contributed by atoms with Gasteiger partial charge in [0.25, 0.3) is 0 Å². The van der Waals surface area contributed by atoms with E-state index in [1.54, 1.807) is 0 Å². The van der Waals surface area contributed by atoms with Crippen molar-refractivity contribution in [1.29, 1.82) is 0 Å². The third-order valence-corrected chi connectivity index (χ3v) is 8.75. The summed E-state index contributed by atoms with van der Waals surface area (Å²) < 4.78 is -0.525. The van der Waals surface area contributed by atoms with Crippen molar-refractivity contribution in [2.75, 3.05) is 5.32 Å². The highest BCUT2D eigenvalue weighted by atomic mass is 32.1. The van der Waals surface area contributed by atoms with Crippen molar-refractivity contribution in [3.05, 3.63) is 30.3 Å². The highest BCUT2D eigenvalue weighted by molar-refractivity contribution is 7.85. The van der Waals surface area contributed by atoms with Crippen molar-refractivity contribution in [3.63, 3.8) is 0 Å². The Kier molecular flexibility index (Phi) is 4.44. The number of thiol groups is 1. The standard InChI is InChI=1S/C13H21NOSSi/c1-5-13(16,17(2,3)4)12(15)14-11-9-7-6-8-10-11/h6-10,16H,5H2,1-4H3,(H,14,15). The molecule has 2 nitrogen and oxygen atoms in total. The number of carbonyl (C=O) groups excluding carboxylic acids is 1. The summed E-state index contributed by atoms with van der Waals surface area (Å²) in [4.78, 5) is 12.4. The molecule has 0 fully saturated rings. The number of rotatable bonds is 4. The van der Waals surface area contributed by atoms with Gasteiger partial charge in [-0.05, 0) is 18.6 Å². The predicted molar refractivity (Wildman–Crippen MR) is 80.4 cm³/mol. The van der Waals surface area contributed by atoms with Crippen LogP contribution in [0.25, 0.3) is 0 Å². The van der Waals surface area contributed by atoms with Gasteiger partial charge < -0.3 is 5.32 Å². The summed E-state index contributed by atoms with van der Waals surface area (Å²) in [7, 11) is -1.68. The zero-order valence-corrected chi connectivity index (χ0v) is 12.8. The molecule has 0 bridgehead atoms. The van der Waals surface area contributed by atoms with Crippen LogP contribution < -0.4 is 5.32 Å². The Balaban J connectivity index is 2.89. The molecule has 0 radical (unpaired) electrons. The second-order valence-electron chi connectivity index (χ2n) is 5.28. The van der Waals surface area contributed by atoms with Gasteiger partial charge in [-0.25, -0.2) is 0 Å². The monoisotopic (exact) mass is 267 g/mol. The maximum Gasteiger partial charge on any atom is 0.237 e. The normalized spacial score (nSPS) is 15.1. The first-order chi connectivity index (χ1) is 7.81. The number of benzene rings is 1. The minimum Gasteiger partial charge on any atom is -0.325 e. The lowest BCUT2D eigenvalue weighted by Gasteiger charge is -2.37. The highest BCUT2D eigenvalue weighted by Gasteiger charge is 2.45. The van der Waals surface area contributed by atoms with Crippen LogP contribution in [0.5, 0.6) is 0 Å². The largest absolute Gasteiger partial charge is 0.325 e. The molecule has 0 aliphatic rings. The first-order valence-corrected chi connectivity index (χ1v) is 9.85. The Bertz CT molecular complexity index is 388. The SMILES string of the molecule is CCC(S)(C(=O)Nc1ccccc1)[Si](C)(C)C. The first kappa shape index (κ1) is 14.3. The predicted octanol–water partition coefficient (Wildman–Crippen LogP) is 3.58. The third kappa shape index (κ3) is 3.13. The summed E-state index contributed by atoms with van der Waals surface area (Å²) in [5.74, 6) is 0.0219.